The highest BCUT2D eigenvalue weighted by atomic mass is 19.4. The molecule has 1 aliphatic heterocycles. The molecule has 0 amide bonds. The van der Waals surface area contributed by atoms with Crippen molar-refractivity contribution in [2.75, 3.05) is 18.0 Å². The number of aliphatic carboxylic acids is 1. The quantitative estimate of drug-likeness (QED) is 0.174. The Hall–Kier alpha value is -4.09. The third-order valence-corrected chi connectivity index (χ3v) is 8.95. The van der Waals surface area contributed by atoms with Crippen LogP contribution in [0, 0.1) is 17.2 Å². The van der Waals surface area contributed by atoms with Gasteiger partial charge in [-0.15, -0.1) is 0 Å². The SMILES string of the molecule is C.CCC(CC)(Cc1nc2ccc(OCc3ccn(C)n3)cc2n1Cc1ccc(N2CCC(C(F)(F)F)CC2)cc1F)C(=O)O. The van der Waals surface area contributed by atoms with Gasteiger partial charge in [0.15, 0.2) is 0 Å². The second-order valence-corrected chi connectivity index (χ2v) is 11.6. The molecule has 0 unspecified atom stereocenters. The second kappa shape index (κ2) is 13.5. The smallest absolute Gasteiger partial charge is 0.391 e. The fourth-order valence-corrected chi connectivity index (χ4v) is 5.93. The zero-order valence-electron chi connectivity index (χ0n) is 25.1. The third kappa shape index (κ3) is 7.26. The van der Waals surface area contributed by atoms with Crippen molar-refractivity contribution >= 4 is 22.7 Å². The molecule has 1 saturated heterocycles. The van der Waals surface area contributed by atoms with Crippen LogP contribution in [-0.4, -0.2) is 49.7 Å². The molecule has 45 heavy (non-hydrogen) atoms. The Balaban J connectivity index is 0.00000461. The van der Waals surface area contributed by atoms with Gasteiger partial charge in [-0.05, 0) is 56.0 Å². The number of halogens is 4. The van der Waals surface area contributed by atoms with Crippen LogP contribution in [0.3, 0.4) is 0 Å². The summed E-state index contributed by atoms with van der Waals surface area (Å²) in [5.74, 6) is -1.66. The van der Waals surface area contributed by atoms with Crippen molar-refractivity contribution in [3.63, 3.8) is 0 Å². The number of ether oxygens (including phenoxy) is 1. The molecule has 244 valence electrons. The van der Waals surface area contributed by atoms with E-state index >= 15 is 4.39 Å². The molecule has 2 aromatic carbocycles. The van der Waals surface area contributed by atoms with E-state index in [2.05, 4.69) is 5.10 Å². The molecular weight excluding hydrogens is 590 g/mol. The predicted molar refractivity (Wildman–Crippen MR) is 165 cm³/mol. The molecule has 0 aliphatic carbocycles. The standard InChI is InChI=1S/C32H37F4N5O3.CH4/c1-4-31(5-2,30(42)43)18-29-37-27-9-8-25(44-20-23-12-13-39(3)38-23)17-28(27)41(29)19-21-6-7-24(16-26(21)33)40-14-10-22(11-15-40)32(34,35)36;/h6-9,12-13,16-17,22H,4-5,10-11,14-15,18-20H2,1-3H3,(H,42,43);1H4. The molecule has 2 aromatic heterocycles. The molecule has 5 rings (SSSR count). The van der Waals surface area contributed by atoms with E-state index < -0.39 is 29.3 Å². The van der Waals surface area contributed by atoms with Gasteiger partial charge in [0.25, 0.3) is 0 Å². The molecule has 1 fully saturated rings. The third-order valence-electron chi connectivity index (χ3n) is 8.95. The average molecular weight is 632 g/mol. The number of hydrogen-bond acceptors (Lipinski definition) is 5. The van der Waals surface area contributed by atoms with E-state index in [0.717, 1.165) is 5.69 Å². The molecule has 0 bridgehead atoms. The van der Waals surface area contributed by atoms with Crippen LogP contribution in [0.4, 0.5) is 23.2 Å². The van der Waals surface area contributed by atoms with Crippen molar-refractivity contribution in [1.29, 1.82) is 0 Å². The summed E-state index contributed by atoms with van der Waals surface area (Å²) in [6, 6.07) is 12.0. The monoisotopic (exact) mass is 631 g/mol. The molecule has 8 nitrogen and oxygen atoms in total. The largest absolute Gasteiger partial charge is 0.487 e. The number of alkyl halides is 3. The number of aromatic nitrogens is 4. The van der Waals surface area contributed by atoms with Gasteiger partial charge in [-0.1, -0.05) is 27.3 Å². The summed E-state index contributed by atoms with van der Waals surface area (Å²) in [5.41, 5.74) is 1.90. The van der Waals surface area contributed by atoms with Crippen molar-refractivity contribution in [3.8, 4) is 5.75 Å². The lowest BCUT2D eigenvalue weighted by Crippen LogP contribution is -2.39. The van der Waals surface area contributed by atoms with E-state index in [4.69, 9.17) is 9.72 Å². The fourth-order valence-electron chi connectivity index (χ4n) is 5.93. The van der Waals surface area contributed by atoms with Crippen LogP contribution in [0.15, 0.2) is 48.7 Å². The molecule has 3 heterocycles. The summed E-state index contributed by atoms with van der Waals surface area (Å²) < 4.78 is 64.5. The number of carboxylic acids is 1. The Morgan fingerprint density at radius 2 is 1.78 bits per heavy atom. The Morgan fingerprint density at radius 3 is 2.36 bits per heavy atom. The summed E-state index contributed by atoms with van der Waals surface area (Å²) in [6.45, 7) is 4.41. The van der Waals surface area contributed by atoms with Crippen LogP contribution in [0.2, 0.25) is 0 Å². The van der Waals surface area contributed by atoms with E-state index in [-0.39, 0.29) is 52.9 Å². The van der Waals surface area contributed by atoms with Gasteiger partial charge < -0.3 is 19.3 Å². The first-order valence-electron chi connectivity index (χ1n) is 14.9. The number of rotatable bonds is 11. The number of carbonyl (C=O) groups is 1. The number of fused-ring (bicyclic) bond motifs is 1. The van der Waals surface area contributed by atoms with E-state index in [1.807, 2.05) is 43.8 Å². The molecule has 0 atom stereocenters. The second-order valence-electron chi connectivity index (χ2n) is 11.6. The minimum atomic E-state index is -4.22. The van der Waals surface area contributed by atoms with Crippen LogP contribution in [-0.2, 0) is 31.4 Å². The van der Waals surface area contributed by atoms with E-state index in [0.29, 0.717) is 46.7 Å². The van der Waals surface area contributed by atoms with Gasteiger partial charge in [0.05, 0.1) is 34.6 Å². The van der Waals surface area contributed by atoms with Crippen LogP contribution in [0.5, 0.6) is 5.75 Å². The van der Waals surface area contributed by atoms with Gasteiger partial charge in [-0.25, -0.2) is 9.37 Å². The highest BCUT2D eigenvalue weighted by molar-refractivity contribution is 5.79. The lowest BCUT2D eigenvalue weighted by atomic mass is 9.79. The van der Waals surface area contributed by atoms with Gasteiger partial charge in [0.1, 0.15) is 24.0 Å². The van der Waals surface area contributed by atoms with Gasteiger partial charge in [0.2, 0.25) is 0 Å². The normalized spacial score (nSPS) is 14.5. The van der Waals surface area contributed by atoms with Crippen LogP contribution in [0.1, 0.15) is 64.0 Å². The first-order valence-corrected chi connectivity index (χ1v) is 14.9. The topological polar surface area (TPSA) is 85.4 Å². The minimum Gasteiger partial charge on any atom is -0.487 e. The molecule has 4 aromatic rings. The predicted octanol–water partition coefficient (Wildman–Crippen LogP) is 7.38. The highest BCUT2D eigenvalue weighted by Gasteiger charge is 2.41. The zero-order chi connectivity index (χ0) is 31.6. The van der Waals surface area contributed by atoms with Crippen LogP contribution in [0.25, 0.3) is 11.0 Å². The van der Waals surface area contributed by atoms with Gasteiger partial charge in [-0.2, -0.15) is 18.3 Å². The van der Waals surface area contributed by atoms with E-state index in [1.54, 1.807) is 33.8 Å². The molecule has 0 saturated carbocycles. The number of imidazole rings is 1. The van der Waals surface area contributed by atoms with Crippen LogP contribution >= 0.6 is 0 Å². The first kappa shape index (κ1) is 33.8. The lowest BCUT2D eigenvalue weighted by molar-refractivity contribution is -0.179. The molecule has 1 aliphatic rings. The number of anilines is 1. The zero-order valence-corrected chi connectivity index (χ0v) is 25.1. The highest BCUT2D eigenvalue weighted by Crippen LogP contribution is 2.36. The number of piperidine rings is 1. The van der Waals surface area contributed by atoms with Gasteiger partial charge in [-0.3, -0.25) is 9.48 Å². The summed E-state index contributed by atoms with van der Waals surface area (Å²) in [6.07, 6.45) is -1.50. The average Bonchev–Trinajstić information content (AvgIpc) is 3.57. The van der Waals surface area contributed by atoms with Crippen molar-refractivity contribution in [2.24, 2.45) is 18.4 Å². The summed E-state index contributed by atoms with van der Waals surface area (Å²) >= 11 is 0. The maximum atomic E-state index is 15.6. The number of hydrogen-bond donors (Lipinski definition) is 1. The van der Waals surface area contributed by atoms with E-state index in [1.165, 1.54) is 6.07 Å². The van der Waals surface area contributed by atoms with Gasteiger partial charge >= 0.3 is 12.1 Å². The number of benzene rings is 2. The van der Waals surface area contributed by atoms with Gasteiger partial charge in [0, 0.05) is 50.1 Å². The fraction of sp³-hybridized carbons (Fsp3) is 0.485. The Labute approximate surface area is 260 Å². The van der Waals surface area contributed by atoms with Crippen molar-refractivity contribution in [1.82, 2.24) is 19.3 Å². The Morgan fingerprint density at radius 1 is 1.07 bits per heavy atom. The summed E-state index contributed by atoms with van der Waals surface area (Å²) in [5, 5.41) is 14.5. The molecule has 0 spiro atoms. The number of carboxylic acid groups (broad SMARTS) is 1. The maximum absolute atomic E-state index is 15.6. The van der Waals surface area contributed by atoms with Crippen molar-refractivity contribution in [2.45, 2.75) is 72.7 Å². The first-order chi connectivity index (χ1) is 20.9. The molecule has 1 N–H and O–H groups in total. The number of aryl methyl sites for hydroxylation is 1. The Bertz CT molecular complexity index is 1620. The Kier molecular flexibility index (Phi) is 10.1. The van der Waals surface area contributed by atoms with E-state index in [9.17, 15) is 23.1 Å². The van der Waals surface area contributed by atoms with Crippen LogP contribution < -0.4 is 9.64 Å². The maximum Gasteiger partial charge on any atom is 0.391 e. The minimum absolute atomic E-state index is 0. The summed E-state index contributed by atoms with van der Waals surface area (Å²) in [7, 11) is 1.82. The molecule has 0 radical (unpaired) electrons. The van der Waals surface area contributed by atoms with Crippen molar-refractivity contribution in [3.05, 3.63) is 71.6 Å². The lowest BCUT2D eigenvalue weighted by Gasteiger charge is -2.34. The molecular formula is C33H41F4N5O3. The van der Waals surface area contributed by atoms with Crippen molar-refractivity contribution < 1.29 is 32.2 Å². The molecule has 12 heteroatoms. The number of nitrogens with zero attached hydrogens (tertiary/aromatic N) is 5. The summed E-state index contributed by atoms with van der Waals surface area (Å²) in [4.78, 5) is 18.9.